The number of aromatic amines is 1. The van der Waals surface area contributed by atoms with Gasteiger partial charge in [0.05, 0.1) is 12.8 Å². The summed E-state index contributed by atoms with van der Waals surface area (Å²) in [5.74, 6) is 0.488. The van der Waals surface area contributed by atoms with Crippen molar-refractivity contribution < 1.29 is 9.13 Å². The van der Waals surface area contributed by atoms with Crippen LogP contribution in [-0.4, -0.2) is 17.3 Å². The summed E-state index contributed by atoms with van der Waals surface area (Å²) < 4.78 is 18.8. The second-order valence-electron chi connectivity index (χ2n) is 4.42. The van der Waals surface area contributed by atoms with E-state index in [1.54, 1.807) is 13.2 Å². The molecular formula is C15H13FN2O. The Bertz CT molecular complexity index is 749. The van der Waals surface area contributed by atoms with Crippen LogP contribution < -0.4 is 4.74 Å². The smallest absolute Gasteiger partial charge is 0.151 e. The molecule has 3 aromatic rings. The molecule has 0 aliphatic carbocycles. The third-order valence-electron chi connectivity index (χ3n) is 3.24. The van der Waals surface area contributed by atoms with Crippen LogP contribution in [0.15, 0.2) is 36.4 Å². The van der Waals surface area contributed by atoms with Crippen molar-refractivity contribution in [3.8, 4) is 17.0 Å². The van der Waals surface area contributed by atoms with E-state index in [2.05, 4.69) is 10.2 Å². The minimum atomic E-state index is -0.314. The summed E-state index contributed by atoms with van der Waals surface area (Å²) in [5.41, 5.74) is 3.24. The predicted octanol–water partition coefficient (Wildman–Crippen LogP) is 3.69. The molecule has 0 saturated heterocycles. The highest BCUT2D eigenvalue weighted by atomic mass is 19.1. The maximum absolute atomic E-state index is 13.6. The van der Waals surface area contributed by atoms with Crippen molar-refractivity contribution >= 4 is 10.9 Å². The molecule has 0 aliphatic rings. The summed E-state index contributed by atoms with van der Waals surface area (Å²) in [6.45, 7) is 1.99. The first kappa shape index (κ1) is 11.7. The number of ether oxygens (including phenoxy) is 1. The Labute approximate surface area is 110 Å². The van der Waals surface area contributed by atoms with Gasteiger partial charge in [0.15, 0.2) is 5.82 Å². The Balaban J connectivity index is 2.22. The van der Waals surface area contributed by atoms with Gasteiger partial charge in [-0.05, 0) is 36.8 Å². The van der Waals surface area contributed by atoms with Gasteiger partial charge in [-0.3, -0.25) is 5.10 Å². The van der Waals surface area contributed by atoms with Gasteiger partial charge in [-0.2, -0.15) is 5.10 Å². The minimum Gasteiger partial charge on any atom is -0.497 e. The number of methoxy groups -OCH3 is 1. The van der Waals surface area contributed by atoms with Gasteiger partial charge in [0.2, 0.25) is 0 Å². The molecule has 0 fully saturated rings. The maximum atomic E-state index is 13.6. The van der Waals surface area contributed by atoms with Crippen LogP contribution >= 0.6 is 0 Å². The fraction of sp³-hybridized carbons (Fsp3) is 0.133. The molecule has 2 aromatic carbocycles. The van der Waals surface area contributed by atoms with Crippen molar-refractivity contribution in [3.05, 3.63) is 47.8 Å². The van der Waals surface area contributed by atoms with E-state index in [4.69, 9.17) is 4.74 Å². The Morgan fingerprint density at radius 3 is 2.79 bits per heavy atom. The van der Waals surface area contributed by atoms with Crippen LogP contribution in [0.5, 0.6) is 5.75 Å². The van der Waals surface area contributed by atoms with Gasteiger partial charge in [0.25, 0.3) is 0 Å². The lowest BCUT2D eigenvalue weighted by molar-refractivity contribution is 0.414. The number of H-pyrrole nitrogens is 1. The van der Waals surface area contributed by atoms with E-state index in [1.807, 2.05) is 31.2 Å². The van der Waals surface area contributed by atoms with Crippen molar-refractivity contribution in [1.29, 1.82) is 0 Å². The van der Waals surface area contributed by atoms with Crippen LogP contribution in [0.4, 0.5) is 4.39 Å². The summed E-state index contributed by atoms with van der Waals surface area (Å²) in [4.78, 5) is 0. The summed E-state index contributed by atoms with van der Waals surface area (Å²) in [6, 6.07) is 10.7. The molecule has 19 heavy (non-hydrogen) atoms. The molecule has 0 spiro atoms. The molecule has 0 unspecified atom stereocenters. The van der Waals surface area contributed by atoms with E-state index < -0.39 is 0 Å². The normalized spacial score (nSPS) is 10.9. The summed E-state index contributed by atoms with van der Waals surface area (Å²) in [7, 11) is 1.63. The number of para-hydroxylation sites is 1. The minimum absolute atomic E-state index is 0.314. The van der Waals surface area contributed by atoms with Crippen molar-refractivity contribution in [3.63, 3.8) is 0 Å². The van der Waals surface area contributed by atoms with Gasteiger partial charge in [-0.25, -0.2) is 4.39 Å². The molecule has 0 bridgehead atoms. The SMILES string of the molecule is COc1ccc(-c2[nH]nc3c(F)cccc23)c(C)c1. The average molecular weight is 256 g/mol. The molecule has 0 aliphatic heterocycles. The second kappa shape index (κ2) is 4.39. The highest BCUT2D eigenvalue weighted by Gasteiger charge is 2.12. The number of fused-ring (bicyclic) bond motifs is 1. The van der Waals surface area contributed by atoms with E-state index in [9.17, 15) is 4.39 Å². The van der Waals surface area contributed by atoms with E-state index >= 15 is 0 Å². The first-order chi connectivity index (χ1) is 9.20. The largest absolute Gasteiger partial charge is 0.497 e. The van der Waals surface area contributed by atoms with Crippen LogP contribution in [-0.2, 0) is 0 Å². The first-order valence-corrected chi connectivity index (χ1v) is 5.98. The Morgan fingerprint density at radius 2 is 2.05 bits per heavy atom. The van der Waals surface area contributed by atoms with Crippen molar-refractivity contribution in [2.45, 2.75) is 6.92 Å². The molecule has 96 valence electrons. The Kier molecular flexibility index (Phi) is 2.71. The summed E-state index contributed by atoms with van der Waals surface area (Å²) in [6.07, 6.45) is 0. The van der Waals surface area contributed by atoms with Crippen LogP contribution in [0.2, 0.25) is 0 Å². The zero-order valence-corrected chi connectivity index (χ0v) is 10.7. The zero-order chi connectivity index (χ0) is 13.4. The quantitative estimate of drug-likeness (QED) is 0.759. The number of aryl methyl sites for hydroxylation is 1. The molecule has 3 nitrogen and oxygen atoms in total. The van der Waals surface area contributed by atoms with Crippen molar-refractivity contribution in [2.75, 3.05) is 7.11 Å². The van der Waals surface area contributed by atoms with E-state index in [0.29, 0.717) is 5.52 Å². The van der Waals surface area contributed by atoms with Gasteiger partial charge in [0, 0.05) is 10.9 Å². The highest BCUT2D eigenvalue weighted by Crippen LogP contribution is 2.31. The van der Waals surface area contributed by atoms with Crippen LogP contribution in [0, 0.1) is 12.7 Å². The number of aromatic nitrogens is 2. The van der Waals surface area contributed by atoms with E-state index in [-0.39, 0.29) is 5.82 Å². The molecule has 0 radical (unpaired) electrons. The average Bonchev–Trinajstić information content (AvgIpc) is 2.84. The van der Waals surface area contributed by atoms with Gasteiger partial charge in [-0.1, -0.05) is 12.1 Å². The molecule has 1 aromatic heterocycles. The number of nitrogens with one attached hydrogen (secondary N) is 1. The lowest BCUT2D eigenvalue weighted by Crippen LogP contribution is -1.88. The van der Waals surface area contributed by atoms with Crippen LogP contribution in [0.3, 0.4) is 0 Å². The van der Waals surface area contributed by atoms with Crippen molar-refractivity contribution in [1.82, 2.24) is 10.2 Å². The monoisotopic (exact) mass is 256 g/mol. The predicted molar refractivity (Wildman–Crippen MR) is 72.8 cm³/mol. The molecular weight excluding hydrogens is 243 g/mol. The molecule has 1 N–H and O–H groups in total. The number of rotatable bonds is 2. The van der Waals surface area contributed by atoms with Crippen LogP contribution in [0.25, 0.3) is 22.2 Å². The standard InChI is InChI=1S/C15H13FN2O/c1-9-8-10(19-2)6-7-11(9)14-12-4-3-5-13(16)15(12)18-17-14/h3-8H,1-2H3,(H,17,18). The van der Waals surface area contributed by atoms with Gasteiger partial charge < -0.3 is 4.74 Å². The zero-order valence-electron chi connectivity index (χ0n) is 10.7. The van der Waals surface area contributed by atoms with Gasteiger partial charge in [-0.15, -0.1) is 0 Å². The van der Waals surface area contributed by atoms with Gasteiger partial charge >= 0.3 is 0 Å². The molecule has 0 atom stereocenters. The first-order valence-electron chi connectivity index (χ1n) is 5.98. The molecule has 4 heteroatoms. The number of hydrogen-bond donors (Lipinski definition) is 1. The molecule has 0 amide bonds. The van der Waals surface area contributed by atoms with E-state index in [0.717, 1.165) is 28.0 Å². The third-order valence-corrected chi connectivity index (χ3v) is 3.24. The number of hydrogen-bond acceptors (Lipinski definition) is 2. The topological polar surface area (TPSA) is 37.9 Å². The number of benzene rings is 2. The summed E-state index contributed by atoms with van der Waals surface area (Å²) in [5, 5.41) is 7.75. The lowest BCUT2D eigenvalue weighted by Gasteiger charge is -2.06. The Hall–Kier alpha value is -2.36. The van der Waals surface area contributed by atoms with Gasteiger partial charge in [0.1, 0.15) is 11.3 Å². The fourth-order valence-electron chi connectivity index (χ4n) is 2.25. The van der Waals surface area contributed by atoms with Crippen LogP contribution in [0.1, 0.15) is 5.56 Å². The Morgan fingerprint density at radius 1 is 1.21 bits per heavy atom. The number of nitrogens with zero attached hydrogens (tertiary/aromatic N) is 1. The number of halogens is 1. The summed E-state index contributed by atoms with van der Waals surface area (Å²) >= 11 is 0. The fourth-order valence-corrected chi connectivity index (χ4v) is 2.25. The lowest BCUT2D eigenvalue weighted by atomic mass is 10.0. The van der Waals surface area contributed by atoms with E-state index in [1.165, 1.54) is 6.07 Å². The molecule has 1 heterocycles. The maximum Gasteiger partial charge on any atom is 0.151 e. The molecule has 0 saturated carbocycles. The molecule has 3 rings (SSSR count). The highest BCUT2D eigenvalue weighted by molar-refractivity contribution is 5.93. The third kappa shape index (κ3) is 1.85. The van der Waals surface area contributed by atoms with Crippen molar-refractivity contribution in [2.24, 2.45) is 0 Å². The second-order valence-corrected chi connectivity index (χ2v) is 4.42.